The maximum Gasteiger partial charge on any atom is 0.410 e. The van der Waals surface area contributed by atoms with Crippen LogP contribution < -0.4 is 0 Å². The molecule has 0 aromatic heterocycles. The van der Waals surface area contributed by atoms with Crippen molar-refractivity contribution in [2.75, 3.05) is 26.2 Å². The number of amides is 1. The zero-order valence-electron chi connectivity index (χ0n) is 12.1. The molecule has 1 amide bonds. The topological polar surface area (TPSA) is 32.8 Å². The minimum absolute atomic E-state index is 0.196. The molecule has 0 aromatic carbocycles. The summed E-state index contributed by atoms with van der Waals surface area (Å²) in [4.78, 5) is 16.1. The number of rotatable bonds is 3. The van der Waals surface area contributed by atoms with E-state index in [4.69, 9.17) is 4.74 Å². The van der Waals surface area contributed by atoms with E-state index in [1.165, 1.54) is 0 Å². The van der Waals surface area contributed by atoms with Crippen molar-refractivity contribution in [2.24, 2.45) is 0 Å². The first kappa shape index (κ1) is 15.0. The van der Waals surface area contributed by atoms with Gasteiger partial charge in [0.25, 0.3) is 0 Å². The van der Waals surface area contributed by atoms with E-state index in [-0.39, 0.29) is 6.09 Å². The van der Waals surface area contributed by atoms with Gasteiger partial charge >= 0.3 is 6.09 Å². The van der Waals surface area contributed by atoms with Gasteiger partial charge in [-0.3, -0.25) is 4.90 Å². The SMILES string of the molecule is C=CCC(C)N1CCN(C(=O)OC(C)(C)C)CC1. The van der Waals surface area contributed by atoms with Gasteiger partial charge in [-0.1, -0.05) is 6.08 Å². The first-order valence-electron chi connectivity index (χ1n) is 6.66. The van der Waals surface area contributed by atoms with Gasteiger partial charge in [-0.05, 0) is 34.1 Å². The van der Waals surface area contributed by atoms with Crippen molar-refractivity contribution >= 4 is 6.09 Å². The lowest BCUT2D eigenvalue weighted by Crippen LogP contribution is -2.52. The summed E-state index contributed by atoms with van der Waals surface area (Å²) < 4.78 is 5.37. The van der Waals surface area contributed by atoms with E-state index in [0.717, 1.165) is 32.6 Å². The molecular formula is C14H26N2O2. The molecular weight excluding hydrogens is 228 g/mol. The van der Waals surface area contributed by atoms with E-state index in [9.17, 15) is 4.79 Å². The number of hydrogen-bond acceptors (Lipinski definition) is 3. The monoisotopic (exact) mass is 254 g/mol. The smallest absolute Gasteiger partial charge is 0.410 e. The molecule has 1 rings (SSSR count). The summed E-state index contributed by atoms with van der Waals surface area (Å²) >= 11 is 0. The van der Waals surface area contributed by atoms with E-state index in [0.29, 0.717) is 6.04 Å². The molecule has 18 heavy (non-hydrogen) atoms. The van der Waals surface area contributed by atoms with Gasteiger partial charge in [-0.15, -0.1) is 6.58 Å². The highest BCUT2D eigenvalue weighted by atomic mass is 16.6. The molecule has 1 unspecified atom stereocenters. The van der Waals surface area contributed by atoms with Crippen molar-refractivity contribution in [1.82, 2.24) is 9.80 Å². The molecule has 4 heteroatoms. The van der Waals surface area contributed by atoms with Crippen LogP contribution >= 0.6 is 0 Å². The first-order chi connectivity index (χ1) is 8.33. The van der Waals surface area contributed by atoms with Crippen LogP contribution in [0.1, 0.15) is 34.1 Å². The molecule has 1 aliphatic rings. The van der Waals surface area contributed by atoms with Crippen molar-refractivity contribution in [3.8, 4) is 0 Å². The molecule has 0 radical (unpaired) electrons. The summed E-state index contributed by atoms with van der Waals surface area (Å²) in [6.07, 6.45) is 2.75. The molecule has 1 heterocycles. The molecule has 0 bridgehead atoms. The van der Waals surface area contributed by atoms with E-state index in [2.05, 4.69) is 18.4 Å². The van der Waals surface area contributed by atoms with E-state index in [1.54, 1.807) is 4.90 Å². The highest BCUT2D eigenvalue weighted by molar-refractivity contribution is 5.68. The predicted molar refractivity (Wildman–Crippen MR) is 73.7 cm³/mol. The summed E-state index contributed by atoms with van der Waals surface area (Å²) in [5, 5.41) is 0. The van der Waals surface area contributed by atoms with Crippen LogP contribution in [-0.4, -0.2) is 53.7 Å². The van der Waals surface area contributed by atoms with Crippen molar-refractivity contribution in [3.63, 3.8) is 0 Å². The zero-order valence-corrected chi connectivity index (χ0v) is 12.1. The molecule has 0 N–H and O–H groups in total. The van der Waals surface area contributed by atoms with Crippen molar-refractivity contribution in [3.05, 3.63) is 12.7 Å². The van der Waals surface area contributed by atoms with Crippen LogP contribution in [0, 0.1) is 0 Å². The van der Waals surface area contributed by atoms with Crippen molar-refractivity contribution in [2.45, 2.75) is 45.8 Å². The van der Waals surface area contributed by atoms with Gasteiger partial charge in [0.2, 0.25) is 0 Å². The Kier molecular flexibility index (Phi) is 5.20. The molecule has 0 aliphatic carbocycles. The molecule has 4 nitrogen and oxygen atoms in total. The minimum atomic E-state index is -0.412. The van der Waals surface area contributed by atoms with Gasteiger partial charge in [0.15, 0.2) is 0 Å². The lowest BCUT2D eigenvalue weighted by molar-refractivity contribution is 0.0112. The Labute approximate surface area is 111 Å². The second kappa shape index (κ2) is 6.23. The fraction of sp³-hybridized carbons (Fsp3) is 0.786. The quantitative estimate of drug-likeness (QED) is 0.725. The van der Waals surface area contributed by atoms with Crippen LogP contribution in [0.5, 0.6) is 0 Å². The largest absolute Gasteiger partial charge is 0.444 e. The maximum atomic E-state index is 11.9. The van der Waals surface area contributed by atoms with Gasteiger partial charge in [0.1, 0.15) is 5.60 Å². The Bertz CT molecular complexity index is 289. The third-order valence-corrected chi connectivity index (χ3v) is 3.10. The standard InChI is InChI=1S/C14H26N2O2/c1-6-7-12(2)15-8-10-16(11-9-15)13(17)18-14(3,4)5/h6,12H,1,7-11H2,2-5H3. The van der Waals surface area contributed by atoms with Crippen LogP contribution in [0.2, 0.25) is 0 Å². The van der Waals surface area contributed by atoms with Gasteiger partial charge in [0, 0.05) is 32.2 Å². The van der Waals surface area contributed by atoms with Crippen LogP contribution in [-0.2, 0) is 4.74 Å². The number of carbonyl (C=O) groups excluding carboxylic acids is 1. The zero-order chi connectivity index (χ0) is 13.8. The lowest BCUT2D eigenvalue weighted by atomic mass is 10.1. The van der Waals surface area contributed by atoms with E-state index < -0.39 is 5.60 Å². The minimum Gasteiger partial charge on any atom is -0.444 e. The van der Waals surface area contributed by atoms with Gasteiger partial charge in [0.05, 0.1) is 0 Å². The molecule has 1 aliphatic heterocycles. The Morgan fingerprint density at radius 1 is 1.33 bits per heavy atom. The molecule has 0 spiro atoms. The fourth-order valence-electron chi connectivity index (χ4n) is 2.06. The third kappa shape index (κ3) is 4.69. The molecule has 104 valence electrons. The molecule has 1 fully saturated rings. The average Bonchev–Trinajstić information content (AvgIpc) is 2.27. The maximum absolute atomic E-state index is 11.9. The van der Waals surface area contributed by atoms with Crippen LogP contribution in [0.3, 0.4) is 0 Å². The lowest BCUT2D eigenvalue weighted by Gasteiger charge is -2.38. The third-order valence-electron chi connectivity index (χ3n) is 3.10. The summed E-state index contributed by atoms with van der Waals surface area (Å²) in [5.74, 6) is 0. The van der Waals surface area contributed by atoms with E-state index in [1.807, 2.05) is 26.8 Å². The number of nitrogens with zero attached hydrogens (tertiary/aromatic N) is 2. The molecule has 0 saturated carbocycles. The average molecular weight is 254 g/mol. The predicted octanol–water partition coefficient (Wildman–Crippen LogP) is 2.50. The second-order valence-corrected chi connectivity index (χ2v) is 5.88. The number of hydrogen-bond donors (Lipinski definition) is 0. The number of ether oxygens (including phenoxy) is 1. The Hall–Kier alpha value is -1.03. The Morgan fingerprint density at radius 3 is 2.33 bits per heavy atom. The van der Waals surface area contributed by atoms with Crippen LogP contribution in [0.4, 0.5) is 4.79 Å². The summed E-state index contributed by atoms with van der Waals surface area (Å²) in [6, 6.07) is 0.503. The summed E-state index contributed by atoms with van der Waals surface area (Å²) in [6.45, 7) is 15.0. The molecule has 1 saturated heterocycles. The van der Waals surface area contributed by atoms with Crippen molar-refractivity contribution < 1.29 is 9.53 Å². The van der Waals surface area contributed by atoms with E-state index >= 15 is 0 Å². The van der Waals surface area contributed by atoms with Gasteiger partial charge in [-0.2, -0.15) is 0 Å². The van der Waals surface area contributed by atoms with Crippen molar-refractivity contribution in [1.29, 1.82) is 0 Å². The van der Waals surface area contributed by atoms with Crippen LogP contribution in [0.15, 0.2) is 12.7 Å². The van der Waals surface area contributed by atoms with Crippen LogP contribution in [0.25, 0.3) is 0 Å². The summed E-state index contributed by atoms with van der Waals surface area (Å²) in [7, 11) is 0. The Balaban J connectivity index is 2.39. The van der Waals surface area contributed by atoms with Gasteiger partial charge in [-0.25, -0.2) is 4.79 Å². The normalized spacial score (nSPS) is 19.4. The second-order valence-electron chi connectivity index (χ2n) is 5.88. The molecule has 0 aromatic rings. The molecule has 1 atom stereocenters. The number of carbonyl (C=O) groups is 1. The highest BCUT2D eigenvalue weighted by Crippen LogP contribution is 2.13. The van der Waals surface area contributed by atoms with Gasteiger partial charge < -0.3 is 9.64 Å². The highest BCUT2D eigenvalue weighted by Gasteiger charge is 2.26. The Morgan fingerprint density at radius 2 is 1.89 bits per heavy atom. The first-order valence-corrected chi connectivity index (χ1v) is 6.66. The number of piperazine rings is 1. The fourth-order valence-corrected chi connectivity index (χ4v) is 2.06. The summed E-state index contributed by atoms with van der Waals surface area (Å²) in [5.41, 5.74) is -0.412.